The van der Waals surface area contributed by atoms with Crippen LogP contribution >= 0.6 is 15.9 Å². The average molecular weight is 276 g/mol. The van der Waals surface area contributed by atoms with Crippen LogP contribution in [0.3, 0.4) is 0 Å². The third-order valence-electron chi connectivity index (χ3n) is 2.70. The predicted octanol–water partition coefficient (Wildman–Crippen LogP) is 3.54. The Morgan fingerprint density at radius 1 is 1.20 bits per heavy atom. The molecule has 0 saturated carbocycles. The molecule has 0 bridgehead atoms. The molecule has 1 nitrogen and oxygen atoms in total. The molecule has 2 rings (SSSR count). The molecule has 0 unspecified atom stereocenters. The summed E-state index contributed by atoms with van der Waals surface area (Å²) in [5.74, 6) is -0.942. The number of hydrogen-bond acceptors (Lipinski definition) is 1. The molecule has 1 saturated heterocycles. The lowest BCUT2D eigenvalue weighted by Gasteiger charge is -2.24. The van der Waals surface area contributed by atoms with Crippen molar-refractivity contribution in [1.29, 1.82) is 0 Å². The first-order chi connectivity index (χ1) is 7.18. The van der Waals surface area contributed by atoms with Crippen LogP contribution in [-0.4, -0.2) is 6.54 Å². The summed E-state index contributed by atoms with van der Waals surface area (Å²) < 4.78 is 27.6. The van der Waals surface area contributed by atoms with Crippen molar-refractivity contribution in [1.82, 2.24) is 5.32 Å². The fourth-order valence-corrected chi connectivity index (χ4v) is 2.39. The second-order valence-corrected chi connectivity index (χ2v) is 4.70. The zero-order chi connectivity index (χ0) is 10.8. The van der Waals surface area contributed by atoms with Gasteiger partial charge in [0.05, 0.1) is 0 Å². The summed E-state index contributed by atoms with van der Waals surface area (Å²) in [5, 5.41) is 3.14. The van der Waals surface area contributed by atoms with Gasteiger partial charge >= 0.3 is 0 Å². The molecule has 0 aliphatic carbocycles. The third kappa shape index (κ3) is 2.37. The monoisotopic (exact) mass is 275 g/mol. The van der Waals surface area contributed by atoms with Crippen molar-refractivity contribution in [2.45, 2.75) is 25.3 Å². The SMILES string of the molecule is Fc1cc(Br)cc(F)c1[C@H]1CCCCN1. The summed E-state index contributed by atoms with van der Waals surface area (Å²) in [6.07, 6.45) is 2.90. The highest BCUT2D eigenvalue weighted by Gasteiger charge is 2.22. The number of piperidine rings is 1. The maximum atomic E-state index is 13.6. The Kier molecular flexibility index (Phi) is 3.36. The predicted molar refractivity (Wildman–Crippen MR) is 58.7 cm³/mol. The van der Waals surface area contributed by atoms with Crippen LogP contribution in [0.1, 0.15) is 30.9 Å². The summed E-state index contributed by atoms with van der Waals surface area (Å²) in [6.45, 7) is 0.833. The highest BCUT2D eigenvalue weighted by atomic mass is 79.9. The van der Waals surface area contributed by atoms with E-state index in [-0.39, 0.29) is 11.6 Å². The van der Waals surface area contributed by atoms with Crippen molar-refractivity contribution in [2.24, 2.45) is 0 Å². The molecule has 1 aliphatic heterocycles. The summed E-state index contributed by atoms with van der Waals surface area (Å²) >= 11 is 3.07. The molecule has 1 aromatic carbocycles. The zero-order valence-electron chi connectivity index (χ0n) is 8.19. The molecule has 1 fully saturated rings. The molecule has 1 atom stereocenters. The van der Waals surface area contributed by atoms with Crippen LogP contribution in [0.25, 0.3) is 0 Å². The number of nitrogens with one attached hydrogen (secondary N) is 1. The Balaban J connectivity index is 2.33. The van der Waals surface area contributed by atoms with Crippen molar-refractivity contribution >= 4 is 15.9 Å². The summed E-state index contributed by atoms with van der Waals surface area (Å²) in [7, 11) is 0. The Hall–Kier alpha value is -0.480. The Morgan fingerprint density at radius 3 is 2.40 bits per heavy atom. The highest BCUT2D eigenvalue weighted by Crippen LogP contribution is 2.29. The second-order valence-electron chi connectivity index (χ2n) is 3.79. The summed E-state index contributed by atoms with van der Waals surface area (Å²) in [4.78, 5) is 0. The topological polar surface area (TPSA) is 12.0 Å². The molecule has 1 heterocycles. The molecule has 15 heavy (non-hydrogen) atoms. The quantitative estimate of drug-likeness (QED) is 0.827. The lowest BCUT2D eigenvalue weighted by molar-refractivity contribution is 0.385. The number of rotatable bonds is 1. The van der Waals surface area contributed by atoms with Gasteiger partial charge < -0.3 is 5.32 Å². The molecule has 1 N–H and O–H groups in total. The second kappa shape index (κ2) is 4.58. The minimum absolute atomic E-state index is 0.174. The molecular formula is C11H12BrF2N. The van der Waals surface area contributed by atoms with E-state index in [1.165, 1.54) is 12.1 Å². The lowest BCUT2D eigenvalue weighted by Crippen LogP contribution is -2.28. The minimum atomic E-state index is -0.471. The number of benzene rings is 1. The van der Waals surface area contributed by atoms with E-state index in [1.54, 1.807) is 0 Å². The largest absolute Gasteiger partial charge is 0.310 e. The van der Waals surface area contributed by atoms with Gasteiger partial charge in [-0.2, -0.15) is 0 Å². The van der Waals surface area contributed by atoms with Crippen molar-refractivity contribution in [3.05, 3.63) is 33.8 Å². The minimum Gasteiger partial charge on any atom is -0.310 e. The van der Waals surface area contributed by atoms with E-state index in [1.807, 2.05) is 0 Å². The van der Waals surface area contributed by atoms with Gasteiger partial charge in [0.15, 0.2) is 0 Å². The molecule has 1 aromatic rings. The highest BCUT2D eigenvalue weighted by molar-refractivity contribution is 9.10. The standard InChI is InChI=1S/C11H12BrF2N/c12-7-5-8(13)11(9(14)6-7)10-3-1-2-4-15-10/h5-6,10,15H,1-4H2/t10-/m1/s1. The summed E-state index contributed by atoms with van der Waals surface area (Å²) in [5.41, 5.74) is 0.179. The van der Waals surface area contributed by atoms with Crippen molar-refractivity contribution < 1.29 is 8.78 Å². The normalized spacial score (nSPS) is 21.7. The first-order valence-electron chi connectivity index (χ1n) is 5.06. The van der Waals surface area contributed by atoms with Gasteiger partial charge in [-0.25, -0.2) is 8.78 Å². The number of hydrogen-bond donors (Lipinski definition) is 1. The molecule has 4 heteroatoms. The van der Waals surface area contributed by atoms with Crippen LogP contribution in [0.15, 0.2) is 16.6 Å². The maximum absolute atomic E-state index is 13.6. The smallest absolute Gasteiger partial charge is 0.132 e. The van der Waals surface area contributed by atoms with Gasteiger partial charge in [-0.05, 0) is 31.5 Å². The van der Waals surface area contributed by atoms with Crippen LogP contribution in [0.5, 0.6) is 0 Å². The van der Waals surface area contributed by atoms with E-state index in [4.69, 9.17) is 0 Å². The van der Waals surface area contributed by atoms with Gasteiger partial charge in [0, 0.05) is 16.1 Å². The van der Waals surface area contributed by atoms with Gasteiger partial charge in [0.2, 0.25) is 0 Å². The van der Waals surface area contributed by atoms with E-state index < -0.39 is 11.6 Å². The Morgan fingerprint density at radius 2 is 1.87 bits per heavy atom. The van der Waals surface area contributed by atoms with Gasteiger partial charge in [0.1, 0.15) is 11.6 Å². The fourth-order valence-electron chi connectivity index (χ4n) is 1.98. The Bertz CT molecular complexity index is 339. The van der Waals surface area contributed by atoms with E-state index >= 15 is 0 Å². The molecule has 0 radical (unpaired) electrons. The van der Waals surface area contributed by atoms with Crippen LogP contribution in [-0.2, 0) is 0 Å². The summed E-state index contributed by atoms with van der Waals surface area (Å²) in [6, 6.07) is 2.45. The van der Waals surface area contributed by atoms with Gasteiger partial charge in [-0.15, -0.1) is 0 Å². The van der Waals surface area contributed by atoms with Crippen LogP contribution in [0, 0.1) is 11.6 Å². The molecule has 0 amide bonds. The van der Waals surface area contributed by atoms with Gasteiger partial charge in [-0.3, -0.25) is 0 Å². The molecule has 1 aliphatic rings. The van der Waals surface area contributed by atoms with E-state index in [2.05, 4.69) is 21.2 Å². The molecular weight excluding hydrogens is 264 g/mol. The van der Waals surface area contributed by atoms with Crippen LogP contribution in [0.4, 0.5) is 8.78 Å². The molecule has 0 aromatic heterocycles. The van der Waals surface area contributed by atoms with Crippen molar-refractivity contribution in [3.63, 3.8) is 0 Å². The van der Waals surface area contributed by atoms with Gasteiger partial charge in [-0.1, -0.05) is 22.4 Å². The van der Waals surface area contributed by atoms with Crippen LogP contribution < -0.4 is 5.32 Å². The Labute approximate surface area is 96.0 Å². The first-order valence-corrected chi connectivity index (χ1v) is 5.85. The van der Waals surface area contributed by atoms with Crippen LogP contribution in [0.2, 0.25) is 0 Å². The fraction of sp³-hybridized carbons (Fsp3) is 0.455. The molecule has 82 valence electrons. The molecule has 0 spiro atoms. The van der Waals surface area contributed by atoms with E-state index in [9.17, 15) is 8.78 Å². The number of halogens is 3. The van der Waals surface area contributed by atoms with E-state index in [0.717, 1.165) is 25.8 Å². The average Bonchev–Trinajstić information content (AvgIpc) is 2.17. The first kappa shape index (κ1) is 11.0. The zero-order valence-corrected chi connectivity index (χ0v) is 9.78. The maximum Gasteiger partial charge on any atom is 0.132 e. The van der Waals surface area contributed by atoms with Crippen molar-refractivity contribution in [2.75, 3.05) is 6.54 Å². The van der Waals surface area contributed by atoms with E-state index in [0.29, 0.717) is 4.47 Å². The third-order valence-corrected chi connectivity index (χ3v) is 3.16. The lowest BCUT2D eigenvalue weighted by atomic mass is 9.97. The van der Waals surface area contributed by atoms with Gasteiger partial charge in [0.25, 0.3) is 0 Å². The van der Waals surface area contributed by atoms with Crippen molar-refractivity contribution in [3.8, 4) is 0 Å².